The van der Waals surface area contributed by atoms with Crippen LogP contribution in [0.25, 0.3) is 17.1 Å². The number of unbranched alkanes of at least 4 members (excludes halogenated alkanes) is 2. The molecule has 0 spiro atoms. The third-order valence-corrected chi connectivity index (χ3v) is 5.05. The molecule has 1 aliphatic heterocycles. The summed E-state index contributed by atoms with van der Waals surface area (Å²) < 4.78 is 7.57. The molecule has 1 aromatic carbocycles. The van der Waals surface area contributed by atoms with Crippen molar-refractivity contribution in [3.05, 3.63) is 53.0 Å². The number of allylic oxidation sites excluding steroid dienone is 1. The lowest BCUT2D eigenvalue weighted by molar-refractivity contribution is 0.101. The van der Waals surface area contributed by atoms with Gasteiger partial charge in [-0.25, -0.2) is 4.98 Å². The number of aromatic hydroxyl groups is 2. The molecule has 3 aromatic rings. The number of pyridine rings is 1. The van der Waals surface area contributed by atoms with Gasteiger partial charge in [0.15, 0.2) is 5.76 Å². The third kappa shape index (κ3) is 3.01. The summed E-state index contributed by atoms with van der Waals surface area (Å²) in [5.41, 5.74) is 2.96. The van der Waals surface area contributed by atoms with Crippen LogP contribution in [0.3, 0.4) is 0 Å². The Morgan fingerprint density at radius 3 is 2.86 bits per heavy atom. The smallest absolute Gasteiger partial charge is 0.235 e. The molecule has 0 radical (unpaired) electrons. The Morgan fingerprint density at radius 2 is 2.07 bits per heavy atom. The van der Waals surface area contributed by atoms with Crippen molar-refractivity contribution in [1.29, 1.82) is 0 Å². The van der Waals surface area contributed by atoms with E-state index in [4.69, 9.17) is 4.74 Å². The number of carbonyl (C=O) groups excluding carboxylic acids is 1. The Balaban J connectivity index is 1.78. The van der Waals surface area contributed by atoms with Gasteiger partial charge in [0.1, 0.15) is 28.5 Å². The van der Waals surface area contributed by atoms with Crippen LogP contribution in [0.1, 0.15) is 47.7 Å². The molecule has 0 bridgehead atoms. The molecule has 6 nitrogen and oxygen atoms in total. The number of rotatable bonds is 5. The number of nitrogens with zero attached hydrogens (tertiary/aromatic N) is 2. The zero-order valence-electron chi connectivity index (χ0n) is 15.9. The zero-order valence-corrected chi connectivity index (χ0v) is 15.9. The Labute approximate surface area is 162 Å². The summed E-state index contributed by atoms with van der Waals surface area (Å²) in [6, 6.07) is 4.49. The zero-order chi connectivity index (χ0) is 19.8. The highest BCUT2D eigenvalue weighted by molar-refractivity contribution is 6.16. The molecule has 0 saturated carbocycles. The van der Waals surface area contributed by atoms with Gasteiger partial charge in [0.2, 0.25) is 5.78 Å². The average molecular weight is 378 g/mol. The van der Waals surface area contributed by atoms with E-state index in [9.17, 15) is 15.0 Å². The summed E-state index contributed by atoms with van der Waals surface area (Å²) in [6.07, 6.45) is 9.76. The maximum Gasteiger partial charge on any atom is 0.235 e. The molecule has 6 heteroatoms. The SMILES string of the molecule is CCCCCc1ccnc2c1c(C=C1Oc3cc(O)cc(O)c3C1=O)cn2C. The molecule has 0 amide bonds. The van der Waals surface area contributed by atoms with Crippen LogP contribution >= 0.6 is 0 Å². The first kappa shape index (κ1) is 18.1. The molecular formula is C22H22N2O4. The van der Waals surface area contributed by atoms with Gasteiger partial charge in [-0.3, -0.25) is 4.79 Å². The van der Waals surface area contributed by atoms with Crippen LogP contribution in [0.5, 0.6) is 17.2 Å². The van der Waals surface area contributed by atoms with E-state index in [0.29, 0.717) is 0 Å². The topological polar surface area (TPSA) is 84.6 Å². The molecule has 0 unspecified atom stereocenters. The van der Waals surface area contributed by atoms with Gasteiger partial charge in [-0.1, -0.05) is 19.8 Å². The molecule has 3 heterocycles. The number of phenols is 2. The van der Waals surface area contributed by atoms with Crippen molar-refractivity contribution in [2.24, 2.45) is 7.05 Å². The van der Waals surface area contributed by atoms with Crippen molar-refractivity contribution in [3.8, 4) is 17.2 Å². The van der Waals surface area contributed by atoms with E-state index in [1.807, 2.05) is 30.1 Å². The van der Waals surface area contributed by atoms with Crippen LogP contribution in [0.2, 0.25) is 0 Å². The number of aryl methyl sites for hydroxylation is 2. The Hall–Kier alpha value is -3.28. The van der Waals surface area contributed by atoms with E-state index in [1.165, 1.54) is 11.6 Å². The van der Waals surface area contributed by atoms with Crippen LogP contribution in [0.4, 0.5) is 0 Å². The van der Waals surface area contributed by atoms with Gasteiger partial charge in [-0.2, -0.15) is 0 Å². The molecule has 1 aliphatic rings. The van der Waals surface area contributed by atoms with Gasteiger partial charge in [-0.15, -0.1) is 0 Å². The van der Waals surface area contributed by atoms with Crippen molar-refractivity contribution >= 4 is 22.9 Å². The number of ether oxygens (including phenoxy) is 1. The average Bonchev–Trinajstić information content (AvgIpc) is 3.13. The molecule has 0 atom stereocenters. The summed E-state index contributed by atoms with van der Waals surface area (Å²) in [5.74, 6) is -0.566. The first-order chi connectivity index (χ1) is 13.5. The van der Waals surface area contributed by atoms with E-state index in [0.717, 1.165) is 48.3 Å². The van der Waals surface area contributed by atoms with Gasteiger partial charge in [0, 0.05) is 42.5 Å². The largest absolute Gasteiger partial charge is 0.508 e. The maximum atomic E-state index is 12.7. The highest BCUT2D eigenvalue weighted by atomic mass is 16.5. The van der Waals surface area contributed by atoms with E-state index in [-0.39, 0.29) is 28.6 Å². The number of hydrogen-bond acceptors (Lipinski definition) is 5. The minimum absolute atomic E-state index is 0.0746. The Bertz CT molecular complexity index is 1110. The van der Waals surface area contributed by atoms with Gasteiger partial charge in [0.05, 0.1) is 0 Å². The predicted molar refractivity (Wildman–Crippen MR) is 107 cm³/mol. The molecule has 2 aromatic heterocycles. The Kier molecular flexibility index (Phi) is 4.55. The highest BCUT2D eigenvalue weighted by Crippen LogP contribution is 2.41. The number of hydrogen-bond donors (Lipinski definition) is 2. The highest BCUT2D eigenvalue weighted by Gasteiger charge is 2.31. The third-order valence-electron chi connectivity index (χ3n) is 5.05. The fourth-order valence-electron chi connectivity index (χ4n) is 3.71. The van der Waals surface area contributed by atoms with E-state index in [1.54, 1.807) is 6.08 Å². The number of carbonyl (C=O) groups is 1. The van der Waals surface area contributed by atoms with Crippen molar-refractivity contribution < 1.29 is 19.7 Å². The van der Waals surface area contributed by atoms with Crippen LogP contribution in [0, 0.1) is 0 Å². The number of Topliss-reactive ketones (excluding diaryl/α,β-unsaturated/α-hetero) is 1. The lowest BCUT2D eigenvalue weighted by Crippen LogP contribution is -1.98. The number of phenolic OH excluding ortho intramolecular Hbond substituents is 2. The van der Waals surface area contributed by atoms with E-state index in [2.05, 4.69) is 11.9 Å². The minimum atomic E-state index is -0.402. The van der Waals surface area contributed by atoms with Gasteiger partial charge < -0.3 is 19.5 Å². The second-order valence-electron chi connectivity index (χ2n) is 7.10. The molecule has 0 aliphatic carbocycles. The van der Waals surface area contributed by atoms with Gasteiger partial charge in [0.25, 0.3) is 0 Å². The number of ketones is 1. The second kappa shape index (κ2) is 7.03. The number of benzene rings is 1. The predicted octanol–water partition coefficient (Wildman–Crippen LogP) is 4.33. The molecule has 2 N–H and O–H groups in total. The standard InChI is InChI=1S/C22H22N2O4/c1-3-4-5-6-13-7-8-23-22-19(13)14(12-24(22)2)9-18-21(27)20-16(26)10-15(25)11-17(20)28-18/h7-12,25-26H,3-6H2,1-2H3. The van der Waals surface area contributed by atoms with E-state index < -0.39 is 5.78 Å². The summed E-state index contributed by atoms with van der Waals surface area (Å²) >= 11 is 0. The minimum Gasteiger partial charge on any atom is -0.508 e. The summed E-state index contributed by atoms with van der Waals surface area (Å²) in [7, 11) is 1.92. The summed E-state index contributed by atoms with van der Waals surface area (Å²) in [4.78, 5) is 17.2. The monoisotopic (exact) mass is 378 g/mol. The second-order valence-corrected chi connectivity index (χ2v) is 7.10. The van der Waals surface area contributed by atoms with Crippen molar-refractivity contribution in [1.82, 2.24) is 9.55 Å². The number of aromatic nitrogens is 2. The van der Waals surface area contributed by atoms with Crippen LogP contribution in [-0.2, 0) is 13.5 Å². The summed E-state index contributed by atoms with van der Waals surface area (Å²) in [5, 5.41) is 20.7. The fourth-order valence-corrected chi connectivity index (χ4v) is 3.71. The quantitative estimate of drug-likeness (QED) is 0.510. The van der Waals surface area contributed by atoms with Gasteiger partial charge >= 0.3 is 0 Å². The normalized spacial score (nSPS) is 14.6. The molecule has 0 saturated heterocycles. The number of fused-ring (bicyclic) bond motifs is 2. The molecular weight excluding hydrogens is 356 g/mol. The molecule has 4 rings (SSSR count). The van der Waals surface area contributed by atoms with Crippen LogP contribution in [0.15, 0.2) is 36.4 Å². The van der Waals surface area contributed by atoms with Crippen molar-refractivity contribution in [2.45, 2.75) is 32.6 Å². The Morgan fingerprint density at radius 1 is 1.25 bits per heavy atom. The van der Waals surface area contributed by atoms with Crippen LogP contribution in [-0.4, -0.2) is 25.5 Å². The molecule has 144 valence electrons. The maximum absolute atomic E-state index is 12.7. The van der Waals surface area contributed by atoms with Gasteiger partial charge in [-0.05, 0) is 30.5 Å². The first-order valence-corrected chi connectivity index (χ1v) is 9.42. The molecule has 0 fully saturated rings. The van der Waals surface area contributed by atoms with E-state index >= 15 is 0 Å². The first-order valence-electron chi connectivity index (χ1n) is 9.42. The van der Waals surface area contributed by atoms with Crippen LogP contribution < -0.4 is 4.74 Å². The van der Waals surface area contributed by atoms with Crippen molar-refractivity contribution in [3.63, 3.8) is 0 Å². The fraction of sp³-hybridized carbons (Fsp3) is 0.273. The lowest BCUT2D eigenvalue weighted by Gasteiger charge is -2.05. The summed E-state index contributed by atoms with van der Waals surface area (Å²) in [6.45, 7) is 2.18. The van der Waals surface area contributed by atoms with Crippen molar-refractivity contribution in [2.75, 3.05) is 0 Å². The lowest BCUT2D eigenvalue weighted by atomic mass is 10.0. The molecule has 28 heavy (non-hydrogen) atoms.